The Bertz CT molecular complexity index is 1450. The highest BCUT2D eigenvalue weighted by Crippen LogP contribution is 2.37. The number of Topliss-reactive ketones (excluding diaryl/α,β-unsaturated/α-hetero) is 1. The molecule has 36 heavy (non-hydrogen) atoms. The molecule has 6 heteroatoms. The van der Waals surface area contributed by atoms with Crippen molar-refractivity contribution < 1.29 is 9.53 Å². The highest BCUT2D eigenvalue weighted by Gasteiger charge is 2.34. The van der Waals surface area contributed by atoms with Gasteiger partial charge in [-0.15, -0.1) is 0 Å². The van der Waals surface area contributed by atoms with E-state index in [1.807, 2.05) is 24.5 Å². The van der Waals surface area contributed by atoms with E-state index < -0.39 is 0 Å². The molecule has 4 heterocycles. The predicted octanol–water partition coefficient (Wildman–Crippen LogP) is 6.45. The topological polar surface area (TPSA) is 68.5 Å². The minimum absolute atomic E-state index is 0.00496. The molecule has 1 aliphatic heterocycles. The maximum atomic E-state index is 13.0. The molecule has 0 aliphatic carbocycles. The first-order valence-electron chi connectivity index (χ1n) is 12.8. The van der Waals surface area contributed by atoms with Crippen LogP contribution >= 0.6 is 0 Å². The molecule has 3 aromatic heterocycles. The maximum Gasteiger partial charge on any atom is 0.162 e. The number of fused-ring (bicyclic) bond motifs is 1. The highest BCUT2D eigenvalue weighted by molar-refractivity contribution is 6.03. The van der Waals surface area contributed by atoms with Crippen molar-refractivity contribution in [2.24, 2.45) is 0 Å². The van der Waals surface area contributed by atoms with Crippen LogP contribution in [0.15, 0.2) is 48.8 Å². The van der Waals surface area contributed by atoms with Gasteiger partial charge in [-0.25, -0.2) is 9.97 Å². The highest BCUT2D eigenvalue weighted by atomic mass is 16.5. The molecule has 5 rings (SSSR count). The average Bonchev–Trinajstić information content (AvgIpc) is 3.49. The minimum atomic E-state index is 0.00496. The second-order valence-corrected chi connectivity index (χ2v) is 10.0. The number of pyridine rings is 2. The molecule has 1 aliphatic rings. The van der Waals surface area contributed by atoms with Gasteiger partial charge in [-0.3, -0.25) is 9.20 Å². The summed E-state index contributed by atoms with van der Waals surface area (Å²) in [5.74, 6) is 0.782. The van der Waals surface area contributed by atoms with Gasteiger partial charge >= 0.3 is 0 Å². The number of carbonyl (C=O) groups is 1. The molecular formula is C30H34N4O2. The van der Waals surface area contributed by atoms with Gasteiger partial charge in [0.1, 0.15) is 11.5 Å². The number of nitrogens with zero attached hydrogens (tertiary/aromatic N) is 3. The molecule has 1 saturated heterocycles. The van der Waals surface area contributed by atoms with Crippen LogP contribution in [-0.2, 0) is 23.0 Å². The van der Waals surface area contributed by atoms with Gasteiger partial charge in [-0.05, 0) is 74.1 Å². The summed E-state index contributed by atoms with van der Waals surface area (Å²) in [5, 5.41) is 3.47. The van der Waals surface area contributed by atoms with Crippen molar-refractivity contribution in [3.63, 3.8) is 0 Å². The smallest absolute Gasteiger partial charge is 0.162 e. The Kier molecular flexibility index (Phi) is 6.39. The SMILES string of the molecule is CCc1nc(Nc2ccc(-c3cnc4cc(C)ccn34)c(CC)c2C(C)=O)ccc1[C@]1(C)CCOC1. The van der Waals surface area contributed by atoms with Crippen LogP contribution in [0.3, 0.4) is 0 Å². The summed E-state index contributed by atoms with van der Waals surface area (Å²) in [6.45, 7) is 11.7. The lowest BCUT2D eigenvalue weighted by Crippen LogP contribution is -2.24. The van der Waals surface area contributed by atoms with Crippen molar-refractivity contribution in [1.82, 2.24) is 14.4 Å². The van der Waals surface area contributed by atoms with Crippen LogP contribution in [0.4, 0.5) is 11.5 Å². The molecule has 1 atom stereocenters. The Hall–Kier alpha value is -3.51. The second kappa shape index (κ2) is 9.51. The standard InChI is InChI=1S/C30H34N4O2/c1-6-21-22(26-17-31-28-16-19(3)12-14-34(26)28)8-10-25(29(21)20(4)35)33-27-11-9-23(24(7-2)32-27)30(5)13-15-36-18-30/h8-12,14,16-17H,6-7,13,15,18H2,1-5H3,(H,32,33)/t30-/m1/s1. The third kappa shape index (κ3) is 4.20. The van der Waals surface area contributed by atoms with Crippen molar-refractivity contribution in [2.75, 3.05) is 18.5 Å². The van der Waals surface area contributed by atoms with Crippen molar-refractivity contribution in [1.29, 1.82) is 0 Å². The summed E-state index contributed by atoms with van der Waals surface area (Å²) in [6.07, 6.45) is 6.50. The fraction of sp³-hybridized carbons (Fsp3) is 0.367. The van der Waals surface area contributed by atoms with Crippen LogP contribution in [0, 0.1) is 6.92 Å². The number of carbonyl (C=O) groups excluding carboxylic acids is 1. The monoisotopic (exact) mass is 482 g/mol. The van der Waals surface area contributed by atoms with E-state index >= 15 is 0 Å². The van der Waals surface area contributed by atoms with E-state index in [2.05, 4.69) is 66.7 Å². The number of ether oxygens (including phenoxy) is 1. The van der Waals surface area contributed by atoms with E-state index in [-0.39, 0.29) is 11.2 Å². The van der Waals surface area contributed by atoms with Gasteiger partial charge in [0, 0.05) is 35.0 Å². The van der Waals surface area contributed by atoms with E-state index in [9.17, 15) is 4.79 Å². The summed E-state index contributed by atoms with van der Waals surface area (Å²) >= 11 is 0. The Morgan fingerprint density at radius 1 is 1.17 bits per heavy atom. The largest absolute Gasteiger partial charge is 0.380 e. The van der Waals surface area contributed by atoms with Gasteiger partial charge in [0.05, 0.1) is 24.2 Å². The predicted molar refractivity (Wildman–Crippen MR) is 144 cm³/mol. The Morgan fingerprint density at radius 3 is 2.69 bits per heavy atom. The zero-order valence-electron chi connectivity index (χ0n) is 21.8. The number of ketones is 1. The van der Waals surface area contributed by atoms with Crippen LogP contribution in [0.5, 0.6) is 0 Å². The lowest BCUT2D eigenvalue weighted by atomic mass is 9.80. The summed E-state index contributed by atoms with van der Waals surface area (Å²) < 4.78 is 7.78. The molecule has 186 valence electrons. The molecule has 0 spiro atoms. The van der Waals surface area contributed by atoms with Crippen LogP contribution in [0.2, 0.25) is 0 Å². The van der Waals surface area contributed by atoms with Crippen molar-refractivity contribution in [3.05, 3.63) is 76.7 Å². The van der Waals surface area contributed by atoms with Crippen LogP contribution < -0.4 is 5.32 Å². The third-order valence-corrected chi connectivity index (χ3v) is 7.40. The first-order valence-corrected chi connectivity index (χ1v) is 12.8. The quantitative estimate of drug-likeness (QED) is 0.306. The molecule has 0 saturated carbocycles. The fourth-order valence-corrected chi connectivity index (χ4v) is 5.45. The van der Waals surface area contributed by atoms with E-state index in [1.165, 1.54) is 11.1 Å². The van der Waals surface area contributed by atoms with E-state index in [0.717, 1.165) is 72.1 Å². The number of hydrogen-bond acceptors (Lipinski definition) is 5. The van der Waals surface area contributed by atoms with Gasteiger partial charge in [-0.1, -0.05) is 32.9 Å². The van der Waals surface area contributed by atoms with Crippen LogP contribution in [0.25, 0.3) is 16.9 Å². The average molecular weight is 483 g/mol. The summed E-state index contributed by atoms with van der Waals surface area (Å²) in [4.78, 5) is 22.5. The number of anilines is 2. The van der Waals surface area contributed by atoms with E-state index in [0.29, 0.717) is 5.56 Å². The number of aromatic nitrogens is 3. The number of imidazole rings is 1. The van der Waals surface area contributed by atoms with Gasteiger partial charge in [0.25, 0.3) is 0 Å². The van der Waals surface area contributed by atoms with Gasteiger partial charge in [0.15, 0.2) is 5.78 Å². The van der Waals surface area contributed by atoms with Crippen LogP contribution in [-0.4, -0.2) is 33.4 Å². The second-order valence-electron chi connectivity index (χ2n) is 10.0. The Labute approximate surface area is 212 Å². The summed E-state index contributed by atoms with van der Waals surface area (Å²) in [7, 11) is 0. The van der Waals surface area contributed by atoms with Gasteiger partial charge in [0.2, 0.25) is 0 Å². The molecule has 0 radical (unpaired) electrons. The van der Waals surface area contributed by atoms with E-state index in [1.54, 1.807) is 6.92 Å². The van der Waals surface area contributed by atoms with Crippen molar-refractivity contribution in [2.45, 2.75) is 59.3 Å². The normalized spacial score (nSPS) is 17.6. The Morgan fingerprint density at radius 2 is 2.00 bits per heavy atom. The first kappa shape index (κ1) is 24.2. The summed E-state index contributed by atoms with van der Waals surface area (Å²) in [5.41, 5.74) is 8.91. The maximum absolute atomic E-state index is 13.0. The van der Waals surface area contributed by atoms with Crippen molar-refractivity contribution >= 4 is 22.9 Å². The molecule has 1 fully saturated rings. The molecule has 1 aromatic carbocycles. The molecule has 0 bridgehead atoms. The summed E-state index contributed by atoms with van der Waals surface area (Å²) in [6, 6.07) is 12.4. The molecule has 1 N–H and O–H groups in total. The number of rotatable bonds is 7. The third-order valence-electron chi connectivity index (χ3n) is 7.40. The molecule has 6 nitrogen and oxygen atoms in total. The molecular weight excluding hydrogens is 448 g/mol. The zero-order valence-corrected chi connectivity index (χ0v) is 21.8. The number of nitrogens with one attached hydrogen (secondary N) is 1. The number of aryl methyl sites for hydroxylation is 2. The Balaban J connectivity index is 1.56. The number of hydrogen-bond donors (Lipinski definition) is 1. The molecule has 0 unspecified atom stereocenters. The van der Waals surface area contributed by atoms with Gasteiger partial charge < -0.3 is 10.1 Å². The molecule has 0 amide bonds. The lowest BCUT2D eigenvalue weighted by molar-refractivity contribution is 0.101. The van der Waals surface area contributed by atoms with E-state index in [4.69, 9.17) is 9.72 Å². The van der Waals surface area contributed by atoms with Gasteiger partial charge in [-0.2, -0.15) is 0 Å². The number of benzene rings is 1. The molecule has 4 aromatic rings. The first-order chi connectivity index (χ1) is 17.3. The zero-order chi connectivity index (χ0) is 25.4. The van der Waals surface area contributed by atoms with Crippen molar-refractivity contribution in [3.8, 4) is 11.3 Å². The van der Waals surface area contributed by atoms with Crippen LogP contribution in [0.1, 0.15) is 66.9 Å². The minimum Gasteiger partial charge on any atom is -0.380 e. The lowest BCUT2D eigenvalue weighted by Gasteiger charge is -2.25. The fourth-order valence-electron chi connectivity index (χ4n) is 5.45.